The van der Waals surface area contributed by atoms with Crippen LogP contribution in [0.15, 0.2) is 47.4 Å². The fourth-order valence-corrected chi connectivity index (χ4v) is 2.47. The minimum Gasteiger partial charge on any atom is -0.462 e. The van der Waals surface area contributed by atoms with Crippen molar-refractivity contribution in [3.8, 4) is 11.5 Å². The smallest absolute Gasteiger partial charge is 0.446 e. The molecule has 2 N–H and O–H groups in total. The minimum atomic E-state index is -4.38. The van der Waals surface area contributed by atoms with Crippen molar-refractivity contribution in [2.24, 2.45) is 0 Å². The van der Waals surface area contributed by atoms with Gasteiger partial charge in [-0.05, 0) is 49.0 Å². The maximum absolute atomic E-state index is 12.4. The van der Waals surface area contributed by atoms with Gasteiger partial charge in [0.05, 0.1) is 12.2 Å². The number of alkyl halides is 3. The number of carbonyl (C=O) groups is 1. The summed E-state index contributed by atoms with van der Waals surface area (Å²) in [7, 11) is 0. The number of ether oxygens (including phenoxy) is 2. The Morgan fingerprint density at radius 1 is 1.17 bits per heavy atom. The first kappa shape index (κ1) is 18.0. The van der Waals surface area contributed by atoms with Crippen molar-refractivity contribution in [2.75, 3.05) is 12.3 Å². The second kappa shape index (κ2) is 7.48. The summed E-state index contributed by atoms with van der Waals surface area (Å²) in [6.07, 6.45) is 0. The molecule has 0 atom stereocenters. The number of thioether (sulfide) groups is 1. The number of nitrogens with two attached hydrogens (primary N) is 1. The predicted octanol–water partition coefficient (Wildman–Crippen LogP) is 4.85. The van der Waals surface area contributed by atoms with Crippen molar-refractivity contribution in [2.45, 2.75) is 17.3 Å². The summed E-state index contributed by atoms with van der Waals surface area (Å²) in [5.74, 6) is -0.132. The summed E-state index contributed by atoms with van der Waals surface area (Å²) in [5.41, 5.74) is 1.81. The summed E-state index contributed by atoms with van der Waals surface area (Å²) in [4.78, 5) is 11.7. The summed E-state index contributed by atoms with van der Waals surface area (Å²) in [5, 5.41) is 0. The third-order valence-electron chi connectivity index (χ3n) is 2.71. The SMILES string of the molecule is CCOC(=O)c1cc(N)cc(Oc2cccc(SC(F)(F)F)c2)c1. The number of anilines is 1. The van der Waals surface area contributed by atoms with E-state index >= 15 is 0 Å². The van der Waals surface area contributed by atoms with E-state index in [1.807, 2.05) is 0 Å². The van der Waals surface area contributed by atoms with Crippen molar-refractivity contribution in [3.05, 3.63) is 48.0 Å². The average molecular weight is 357 g/mol. The standard InChI is InChI=1S/C16H14F3NO3S/c1-2-22-15(21)10-6-11(20)8-13(7-10)23-12-4-3-5-14(9-12)24-16(17,18)19/h3-9H,2,20H2,1H3. The Kier molecular flexibility index (Phi) is 5.61. The number of carbonyl (C=O) groups excluding carboxylic acids is 1. The fraction of sp³-hybridized carbons (Fsp3) is 0.188. The average Bonchev–Trinajstić information content (AvgIpc) is 2.45. The van der Waals surface area contributed by atoms with Crippen LogP contribution in [0.25, 0.3) is 0 Å². The van der Waals surface area contributed by atoms with Gasteiger partial charge in [0.2, 0.25) is 0 Å². The summed E-state index contributed by atoms with van der Waals surface area (Å²) in [6.45, 7) is 1.88. The van der Waals surface area contributed by atoms with E-state index in [1.165, 1.54) is 42.5 Å². The molecule has 0 amide bonds. The lowest BCUT2D eigenvalue weighted by Crippen LogP contribution is -2.05. The normalized spacial score (nSPS) is 11.2. The molecule has 0 spiro atoms. The van der Waals surface area contributed by atoms with Gasteiger partial charge < -0.3 is 15.2 Å². The highest BCUT2D eigenvalue weighted by molar-refractivity contribution is 8.00. The van der Waals surface area contributed by atoms with Crippen molar-refractivity contribution in [3.63, 3.8) is 0 Å². The van der Waals surface area contributed by atoms with Gasteiger partial charge in [-0.15, -0.1) is 0 Å². The fourth-order valence-electron chi connectivity index (χ4n) is 1.88. The topological polar surface area (TPSA) is 61.5 Å². The molecule has 2 rings (SSSR count). The van der Waals surface area contributed by atoms with E-state index in [4.69, 9.17) is 15.2 Å². The number of hydrogen-bond acceptors (Lipinski definition) is 5. The Morgan fingerprint density at radius 2 is 1.92 bits per heavy atom. The van der Waals surface area contributed by atoms with Gasteiger partial charge in [-0.3, -0.25) is 0 Å². The quantitative estimate of drug-likeness (QED) is 0.471. The molecule has 0 saturated heterocycles. The van der Waals surface area contributed by atoms with Crippen LogP contribution in [0.3, 0.4) is 0 Å². The first-order chi connectivity index (χ1) is 11.3. The van der Waals surface area contributed by atoms with Crippen LogP contribution < -0.4 is 10.5 Å². The number of nitrogen functional groups attached to an aromatic ring is 1. The van der Waals surface area contributed by atoms with Crippen LogP contribution in [-0.2, 0) is 4.74 Å². The molecule has 0 aromatic heterocycles. The zero-order chi connectivity index (χ0) is 17.7. The van der Waals surface area contributed by atoms with Gasteiger partial charge in [0.15, 0.2) is 0 Å². The molecule has 0 aliphatic rings. The second-order valence-electron chi connectivity index (χ2n) is 4.64. The molecule has 0 unspecified atom stereocenters. The van der Waals surface area contributed by atoms with Gasteiger partial charge in [0.25, 0.3) is 0 Å². The van der Waals surface area contributed by atoms with Gasteiger partial charge >= 0.3 is 11.5 Å². The van der Waals surface area contributed by atoms with Crippen LogP contribution in [0.5, 0.6) is 11.5 Å². The Morgan fingerprint density at radius 3 is 2.58 bits per heavy atom. The molecular weight excluding hydrogens is 343 g/mol. The Bertz CT molecular complexity index is 735. The first-order valence-electron chi connectivity index (χ1n) is 6.88. The molecule has 0 saturated carbocycles. The van der Waals surface area contributed by atoms with Crippen molar-refractivity contribution in [1.82, 2.24) is 0 Å². The minimum absolute atomic E-state index is 0.00507. The highest BCUT2D eigenvalue weighted by atomic mass is 32.2. The monoisotopic (exact) mass is 357 g/mol. The van der Waals surface area contributed by atoms with Crippen LogP contribution in [0, 0.1) is 0 Å². The van der Waals surface area contributed by atoms with Crippen molar-refractivity contribution in [1.29, 1.82) is 0 Å². The molecule has 8 heteroatoms. The molecule has 2 aromatic carbocycles. The van der Waals surface area contributed by atoms with Gasteiger partial charge in [-0.25, -0.2) is 4.79 Å². The lowest BCUT2D eigenvalue weighted by Gasteiger charge is -2.11. The van der Waals surface area contributed by atoms with E-state index in [0.717, 1.165) is 0 Å². The van der Waals surface area contributed by atoms with Gasteiger partial charge in [0, 0.05) is 16.6 Å². The van der Waals surface area contributed by atoms with Crippen LogP contribution in [0.1, 0.15) is 17.3 Å². The molecule has 0 heterocycles. The molecule has 4 nitrogen and oxygen atoms in total. The van der Waals surface area contributed by atoms with E-state index in [2.05, 4.69) is 0 Å². The summed E-state index contributed by atoms with van der Waals surface area (Å²) < 4.78 is 47.7. The molecule has 0 aliphatic heterocycles. The van der Waals surface area contributed by atoms with Gasteiger partial charge in [-0.1, -0.05) is 6.07 Å². The molecule has 24 heavy (non-hydrogen) atoms. The Labute approximate surface area is 140 Å². The third-order valence-corrected chi connectivity index (χ3v) is 3.44. The molecule has 0 fully saturated rings. The van der Waals surface area contributed by atoms with Crippen LogP contribution in [-0.4, -0.2) is 18.1 Å². The number of esters is 1. The second-order valence-corrected chi connectivity index (χ2v) is 5.77. The number of rotatable bonds is 5. The first-order valence-corrected chi connectivity index (χ1v) is 7.70. The molecule has 2 aromatic rings. The lowest BCUT2D eigenvalue weighted by atomic mass is 10.2. The number of halogens is 3. The van der Waals surface area contributed by atoms with E-state index in [-0.39, 0.29) is 46.0 Å². The molecule has 0 radical (unpaired) electrons. The maximum atomic E-state index is 12.4. The van der Waals surface area contributed by atoms with E-state index < -0.39 is 11.5 Å². The van der Waals surface area contributed by atoms with Crippen LogP contribution >= 0.6 is 11.8 Å². The van der Waals surface area contributed by atoms with Crippen molar-refractivity contribution >= 4 is 23.4 Å². The highest BCUT2D eigenvalue weighted by Gasteiger charge is 2.29. The van der Waals surface area contributed by atoms with E-state index in [0.29, 0.717) is 0 Å². The van der Waals surface area contributed by atoms with E-state index in [9.17, 15) is 18.0 Å². The predicted molar refractivity (Wildman–Crippen MR) is 85.2 cm³/mol. The molecule has 128 valence electrons. The van der Waals surface area contributed by atoms with Crippen LogP contribution in [0.4, 0.5) is 18.9 Å². The molecule has 0 bridgehead atoms. The Hall–Kier alpha value is -2.35. The zero-order valence-corrected chi connectivity index (χ0v) is 13.4. The van der Waals surface area contributed by atoms with Gasteiger partial charge in [0.1, 0.15) is 11.5 Å². The summed E-state index contributed by atoms with van der Waals surface area (Å²) in [6, 6.07) is 9.85. The van der Waals surface area contributed by atoms with Crippen LogP contribution in [0.2, 0.25) is 0 Å². The third kappa shape index (κ3) is 5.38. The largest absolute Gasteiger partial charge is 0.462 e. The molecular formula is C16H14F3NO3S. The highest BCUT2D eigenvalue weighted by Crippen LogP contribution is 2.38. The maximum Gasteiger partial charge on any atom is 0.446 e. The summed E-state index contributed by atoms with van der Waals surface area (Å²) >= 11 is -0.236. The number of benzene rings is 2. The number of hydrogen-bond donors (Lipinski definition) is 1. The zero-order valence-electron chi connectivity index (χ0n) is 12.6. The molecule has 0 aliphatic carbocycles. The van der Waals surface area contributed by atoms with Crippen molar-refractivity contribution < 1.29 is 27.4 Å². The van der Waals surface area contributed by atoms with E-state index in [1.54, 1.807) is 6.92 Å². The Balaban J connectivity index is 2.22. The lowest BCUT2D eigenvalue weighted by molar-refractivity contribution is -0.0328. The van der Waals surface area contributed by atoms with Gasteiger partial charge in [-0.2, -0.15) is 13.2 Å².